The van der Waals surface area contributed by atoms with Crippen LogP contribution in [0.25, 0.3) is 33.3 Å². The SMILES string of the molecule is Cn1nc(N2C(=O)c3ccccc3C2=O)c2ccc(C3=CN=C([C@@H]4[C@H]5C[C@H]5c5cc(-c6cc(Cl)ccc6-n6cc(Cl)nn6)cc(=O)n54)C3)cc21. The third-order valence-corrected chi connectivity index (χ3v) is 10.7. The molecule has 244 valence electrons. The molecular formula is C37H24Cl2N8O3. The Balaban J connectivity index is 0.943. The molecule has 11 nitrogen and oxygen atoms in total. The monoisotopic (exact) mass is 698 g/mol. The fraction of sp³-hybridized carbons (Fsp3) is 0.162. The summed E-state index contributed by atoms with van der Waals surface area (Å²) in [7, 11) is 1.80. The number of hydrogen-bond acceptors (Lipinski definition) is 7. The van der Waals surface area contributed by atoms with Crippen LogP contribution < -0.4 is 10.5 Å². The van der Waals surface area contributed by atoms with E-state index in [9.17, 15) is 14.4 Å². The fourth-order valence-electron chi connectivity index (χ4n) is 7.92. The number of pyridine rings is 1. The van der Waals surface area contributed by atoms with Crippen LogP contribution in [0.5, 0.6) is 0 Å². The number of aliphatic imine (C=N–C) groups is 1. The van der Waals surface area contributed by atoms with Gasteiger partial charge in [-0.05, 0) is 77.6 Å². The van der Waals surface area contributed by atoms with Gasteiger partial charge in [0.2, 0.25) is 0 Å². The lowest BCUT2D eigenvalue weighted by atomic mass is 9.97. The molecule has 13 heteroatoms. The van der Waals surface area contributed by atoms with Crippen LogP contribution in [0.2, 0.25) is 10.2 Å². The molecule has 2 amide bonds. The number of aromatic nitrogens is 6. The standard InChI is InChI=1S/C37H24Cl2N8O3/c1-44-30-11-18(6-8-24(30)35(42-44)47-36(49)22-4-2-3-5-23(22)37(47)50)20-10-28(40-16-20)34-27-15-26(27)31-12-19(13-33(48)46(31)34)25-14-21(38)7-9-29(25)45-17-32(39)41-43-45/h2-9,11-14,16-17,26-27,34H,10,15H2,1H3/t26-,27+,34+/m1/s1. The number of fused-ring (bicyclic) bond motifs is 5. The van der Waals surface area contributed by atoms with E-state index < -0.39 is 0 Å². The lowest BCUT2D eigenvalue weighted by molar-refractivity contribution is 0.0925. The Bertz CT molecular complexity index is 2620. The van der Waals surface area contributed by atoms with Crippen LogP contribution in [0.4, 0.5) is 5.82 Å². The van der Waals surface area contributed by atoms with Gasteiger partial charge in [0.25, 0.3) is 17.4 Å². The summed E-state index contributed by atoms with van der Waals surface area (Å²) in [6.07, 6.45) is 5.09. The average molecular weight is 700 g/mol. The molecule has 10 rings (SSSR count). The quantitative estimate of drug-likeness (QED) is 0.186. The highest BCUT2D eigenvalue weighted by Gasteiger charge is 2.54. The van der Waals surface area contributed by atoms with Gasteiger partial charge in [-0.3, -0.25) is 24.1 Å². The van der Waals surface area contributed by atoms with Crippen LogP contribution in [0.15, 0.2) is 95.0 Å². The largest absolute Gasteiger partial charge is 0.303 e. The van der Waals surface area contributed by atoms with Gasteiger partial charge >= 0.3 is 0 Å². The van der Waals surface area contributed by atoms with Gasteiger partial charge in [0, 0.05) is 59.0 Å². The van der Waals surface area contributed by atoms with E-state index >= 15 is 0 Å². The van der Waals surface area contributed by atoms with E-state index in [1.165, 1.54) is 0 Å². The van der Waals surface area contributed by atoms with Gasteiger partial charge < -0.3 is 4.57 Å². The summed E-state index contributed by atoms with van der Waals surface area (Å²) >= 11 is 12.5. The zero-order valence-corrected chi connectivity index (χ0v) is 27.8. The van der Waals surface area contributed by atoms with Crippen molar-refractivity contribution in [3.63, 3.8) is 0 Å². The van der Waals surface area contributed by atoms with Gasteiger partial charge in [-0.15, -0.1) is 5.10 Å². The second kappa shape index (κ2) is 10.4. The number of carbonyl (C=O) groups excluding carboxylic acids is 2. The molecule has 0 bridgehead atoms. The first-order valence-corrected chi connectivity index (χ1v) is 16.9. The van der Waals surface area contributed by atoms with E-state index in [0.717, 1.165) is 56.2 Å². The number of benzene rings is 3. The number of aryl methyl sites for hydroxylation is 1. The van der Waals surface area contributed by atoms with Crippen molar-refractivity contribution < 1.29 is 9.59 Å². The van der Waals surface area contributed by atoms with E-state index in [1.54, 1.807) is 59.0 Å². The Morgan fingerprint density at radius 2 is 1.66 bits per heavy atom. The number of anilines is 1. The molecule has 6 aromatic rings. The molecule has 0 saturated heterocycles. The van der Waals surface area contributed by atoms with Crippen LogP contribution >= 0.6 is 23.2 Å². The smallest absolute Gasteiger partial charge is 0.267 e. The summed E-state index contributed by atoms with van der Waals surface area (Å²) in [6.45, 7) is 0. The van der Waals surface area contributed by atoms with Crippen molar-refractivity contribution in [3.8, 4) is 16.8 Å². The number of rotatable bonds is 5. The second-order valence-corrected chi connectivity index (χ2v) is 13.9. The van der Waals surface area contributed by atoms with Crippen molar-refractivity contribution in [2.75, 3.05) is 4.90 Å². The Hall–Kier alpha value is -5.65. The lowest BCUT2D eigenvalue weighted by Gasteiger charge is -2.20. The van der Waals surface area contributed by atoms with E-state index in [1.807, 2.05) is 41.1 Å². The number of allylic oxidation sites excluding steroid dienone is 1. The second-order valence-electron chi connectivity index (χ2n) is 13.1. The summed E-state index contributed by atoms with van der Waals surface area (Å²) in [6, 6.07) is 21.8. The van der Waals surface area contributed by atoms with Crippen molar-refractivity contribution in [1.29, 1.82) is 0 Å². The minimum absolute atomic E-state index is 0.0922. The zero-order chi connectivity index (χ0) is 34.0. The molecule has 3 atom stereocenters. The Labute approximate surface area is 293 Å². The fourth-order valence-corrected chi connectivity index (χ4v) is 8.22. The van der Waals surface area contributed by atoms with Gasteiger partial charge in [-0.2, -0.15) is 5.10 Å². The third kappa shape index (κ3) is 4.20. The molecule has 3 aromatic carbocycles. The average Bonchev–Trinajstić information content (AvgIpc) is 3.50. The van der Waals surface area contributed by atoms with E-state index in [2.05, 4.69) is 21.5 Å². The number of halogens is 2. The predicted octanol–water partition coefficient (Wildman–Crippen LogP) is 6.63. The van der Waals surface area contributed by atoms with Crippen molar-refractivity contribution in [2.24, 2.45) is 18.0 Å². The number of amides is 2. The first-order valence-electron chi connectivity index (χ1n) is 16.1. The van der Waals surface area contributed by atoms with Gasteiger partial charge in [0.15, 0.2) is 11.0 Å². The molecule has 1 aliphatic carbocycles. The van der Waals surface area contributed by atoms with Crippen molar-refractivity contribution in [2.45, 2.75) is 24.8 Å². The number of hydrogen-bond donors (Lipinski definition) is 0. The highest BCUT2D eigenvalue weighted by molar-refractivity contribution is 6.35. The van der Waals surface area contributed by atoms with E-state index in [4.69, 9.17) is 28.2 Å². The molecule has 3 aliphatic heterocycles. The minimum atomic E-state index is -0.378. The number of nitrogens with zero attached hydrogens (tertiary/aromatic N) is 8. The predicted molar refractivity (Wildman–Crippen MR) is 189 cm³/mol. The number of imide groups is 1. The van der Waals surface area contributed by atoms with Gasteiger partial charge in [-0.25, -0.2) is 9.58 Å². The lowest BCUT2D eigenvalue weighted by Crippen LogP contribution is -2.30. The minimum Gasteiger partial charge on any atom is -0.303 e. The zero-order valence-electron chi connectivity index (χ0n) is 26.3. The van der Waals surface area contributed by atoms with Crippen LogP contribution in [0, 0.1) is 5.92 Å². The van der Waals surface area contributed by atoms with Crippen molar-refractivity contribution >= 4 is 63.0 Å². The van der Waals surface area contributed by atoms with E-state index in [0.29, 0.717) is 39.7 Å². The van der Waals surface area contributed by atoms with Gasteiger partial charge in [0.05, 0.1) is 34.6 Å². The number of carbonyl (C=O) groups is 2. The highest BCUT2D eigenvalue weighted by Crippen LogP contribution is 2.60. The molecule has 1 saturated carbocycles. The maximum absolute atomic E-state index is 13.9. The van der Waals surface area contributed by atoms with Gasteiger partial charge in [0.1, 0.15) is 0 Å². The van der Waals surface area contributed by atoms with Crippen molar-refractivity contribution in [3.05, 3.63) is 128 Å². The molecule has 4 aliphatic rings. The summed E-state index contributed by atoms with van der Waals surface area (Å²) in [5.41, 5.74) is 7.63. The molecule has 50 heavy (non-hydrogen) atoms. The maximum Gasteiger partial charge on any atom is 0.267 e. The Kier molecular flexibility index (Phi) is 6.11. The summed E-state index contributed by atoms with van der Waals surface area (Å²) < 4.78 is 5.18. The molecule has 0 spiro atoms. The third-order valence-electron chi connectivity index (χ3n) is 10.3. The molecule has 0 N–H and O–H groups in total. The summed E-state index contributed by atoms with van der Waals surface area (Å²) in [5.74, 6) is 0.135. The normalized spacial score (nSPS) is 20.3. The molecule has 1 fully saturated rings. The first kappa shape index (κ1) is 29.3. The van der Waals surface area contributed by atoms with Crippen LogP contribution in [-0.4, -0.2) is 46.9 Å². The Morgan fingerprint density at radius 1 is 0.860 bits per heavy atom. The Morgan fingerprint density at radius 3 is 2.42 bits per heavy atom. The summed E-state index contributed by atoms with van der Waals surface area (Å²) in [4.78, 5) is 46.3. The van der Waals surface area contributed by atoms with Crippen molar-refractivity contribution in [1.82, 2.24) is 29.3 Å². The maximum atomic E-state index is 13.9. The molecule has 3 aromatic heterocycles. The van der Waals surface area contributed by atoms with Crippen LogP contribution in [-0.2, 0) is 7.05 Å². The van der Waals surface area contributed by atoms with E-state index in [-0.39, 0.29) is 34.5 Å². The molecule has 0 radical (unpaired) electrons. The van der Waals surface area contributed by atoms with Gasteiger partial charge in [-0.1, -0.05) is 46.6 Å². The van der Waals surface area contributed by atoms with Crippen LogP contribution in [0.1, 0.15) is 56.8 Å². The molecular weight excluding hydrogens is 675 g/mol. The topological polar surface area (TPSA) is 120 Å². The molecule has 6 heterocycles. The summed E-state index contributed by atoms with van der Waals surface area (Å²) in [5, 5.41) is 14.1. The molecule has 0 unspecified atom stereocenters. The van der Waals surface area contributed by atoms with Crippen LogP contribution in [0.3, 0.4) is 0 Å². The highest BCUT2D eigenvalue weighted by atomic mass is 35.5. The first-order chi connectivity index (χ1) is 24.2.